The van der Waals surface area contributed by atoms with E-state index in [1.165, 1.54) is 0 Å². The second kappa shape index (κ2) is 2.46. The average Bonchev–Trinajstić information content (AvgIpc) is 2.40. The molecule has 2 saturated carbocycles. The molecule has 70 valence electrons. The van der Waals surface area contributed by atoms with Crippen molar-refractivity contribution in [2.75, 3.05) is 0 Å². The van der Waals surface area contributed by atoms with Crippen LogP contribution in [-0.2, 0) is 0 Å². The molecular formula is C11H19F. The Hall–Kier alpha value is -0.0700. The molecule has 0 aromatic heterocycles. The number of rotatable bonds is 1. The third kappa shape index (κ3) is 1.09. The van der Waals surface area contributed by atoms with Crippen molar-refractivity contribution >= 4 is 0 Å². The van der Waals surface area contributed by atoms with Gasteiger partial charge >= 0.3 is 0 Å². The minimum atomic E-state index is -0.823. The van der Waals surface area contributed by atoms with Crippen LogP contribution in [0, 0.1) is 23.7 Å². The van der Waals surface area contributed by atoms with Crippen LogP contribution in [0.15, 0.2) is 0 Å². The molecule has 0 saturated heterocycles. The monoisotopic (exact) mass is 170 g/mol. The quantitative estimate of drug-likeness (QED) is 0.565. The summed E-state index contributed by atoms with van der Waals surface area (Å²) >= 11 is 0. The molecule has 0 aromatic rings. The van der Waals surface area contributed by atoms with Crippen LogP contribution in [0.2, 0.25) is 0 Å². The second-order valence-corrected chi connectivity index (χ2v) is 5.32. The van der Waals surface area contributed by atoms with Crippen LogP contribution in [-0.4, -0.2) is 5.67 Å². The summed E-state index contributed by atoms with van der Waals surface area (Å²) in [6.07, 6.45) is 3.14. The molecule has 4 unspecified atom stereocenters. The van der Waals surface area contributed by atoms with Crippen LogP contribution in [0.3, 0.4) is 0 Å². The van der Waals surface area contributed by atoms with E-state index in [0.717, 1.165) is 31.1 Å². The van der Waals surface area contributed by atoms with Crippen molar-refractivity contribution < 1.29 is 4.39 Å². The SMILES string of the molecule is CC(C)C1CC2CC1CC2(C)F. The number of halogens is 1. The van der Waals surface area contributed by atoms with Gasteiger partial charge in [0.25, 0.3) is 0 Å². The molecule has 2 fully saturated rings. The fourth-order valence-corrected chi connectivity index (χ4v) is 3.38. The van der Waals surface area contributed by atoms with Crippen LogP contribution in [0.25, 0.3) is 0 Å². The van der Waals surface area contributed by atoms with Crippen LogP contribution in [0.5, 0.6) is 0 Å². The van der Waals surface area contributed by atoms with Gasteiger partial charge < -0.3 is 0 Å². The van der Waals surface area contributed by atoms with E-state index in [2.05, 4.69) is 13.8 Å². The maximum atomic E-state index is 13.7. The lowest BCUT2D eigenvalue weighted by Crippen LogP contribution is -2.31. The van der Waals surface area contributed by atoms with E-state index in [-0.39, 0.29) is 0 Å². The number of fused-ring (bicyclic) bond motifs is 2. The molecule has 0 N–H and O–H groups in total. The van der Waals surface area contributed by atoms with Crippen LogP contribution in [0.4, 0.5) is 4.39 Å². The molecule has 0 aromatic carbocycles. The van der Waals surface area contributed by atoms with Gasteiger partial charge in [0.15, 0.2) is 0 Å². The first-order valence-electron chi connectivity index (χ1n) is 5.19. The summed E-state index contributed by atoms with van der Waals surface area (Å²) in [4.78, 5) is 0. The summed E-state index contributed by atoms with van der Waals surface area (Å²) in [6.45, 7) is 6.36. The van der Waals surface area contributed by atoms with Crippen LogP contribution in [0.1, 0.15) is 40.0 Å². The Morgan fingerprint density at radius 1 is 1.33 bits per heavy atom. The van der Waals surface area contributed by atoms with E-state index >= 15 is 0 Å². The molecule has 12 heavy (non-hydrogen) atoms. The van der Waals surface area contributed by atoms with Gasteiger partial charge in [-0.05, 0) is 49.9 Å². The third-order valence-corrected chi connectivity index (χ3v) is 4.12. The number of hydrogen-bond acceptors (Lipinski definition) is 0. The minimum Gasteiger partial charge on any atom is -0.244 e. The van der Waals surface area contributed by atoms with E-state index in [9.17, 15) is 4.39 Å². The molecule has 0 nitrogen and oxygen atoms in total. The van der Waals surface area contributed by atoms with Gasteiger partial charge in [-0.15, -0.1) is 0 Å². The largest absolute Gasteiger partial charge is 0.244 e. The highest BCUT2D eigenvalue weighted by Gasteiger charge is 2.53. The molecule has 1 heteroatoms. The zero-order valence-corrected chi connectivity index (χ0v) is 8.31. The lowest BCUT2D eigenvalue weighted by Gasteiger charge is -2.32. The molecule has 2 aliphatic carbocycles. The number of alkyl halides is 1. The summed E-state index contributed by atoms with van der Waals surface area (Å²) < 4.78 is 13.7. The second-order valence-electron chi connectivity index (χ2n) is 5.32. The molecule has 2 aliphatic rings. The van der Waals surface area contributed by atoms with Gasteiger partial charge in [-0.2, -0.15) is 0 Å². The predicted octanol–water partition coefficient (Wildman–Crippen LogP) is 3.42. The molecule has 4 atom stereocenters. The lowest BCUT2D eigenvalue weighted by atomic mass is 9.76. The summed E-state index contributed by atoms with van der Waals surface area (Å²) in [5.41, 5.74) is -0.823. The van der Waals surface area contributed by atoms with Crippen molar-refractivity contribution in [3.63, 3.8) is 0 Å². The van der Waals surface area contributed by atoms with Crippen molar-refractivity contribution in [3.8, 4) is 0 Å². The zero-order valence-electron chi connectivity index (χ0n) is 8.31. The van der Waals surface area contributed by atoms with Gasteiger partial charge in [-0.3, -0.25) is 0 Å². The van der Waals surface area contributed by atoms with E-state index < -0.39 is 5.67 Å². The summed E-state index contributed by atoms with van der Waals surface area (Å²) in [7, 11) is 0. The fourth-order valence-electron chi connectivity index (χ4n) is 3.38. The Kier molecular flexibility index (Phi) is 1.75. The molecule has 0 spiro atoms. The van der Waals surface area contributed by atoms with Gasteiger partial charge in [-0.25, -0.2) is 4.39 Å². The Bertz CT molecular complexity index is 183. The average molecular weight is 170 g/mol. The highest BCUT2D eigenvalue weighted by atomic mass is 19.1. The van der Waals surface area contributed by atoms with Gasteiger partial charge in [0.1, 0.15) is 5.67 Å². The van der Waals surface area contributed by atoms with Crippen molar-refractivity contribution in [1.82, 2.24) is 0 Å². The molecule has 0 amide bonds. The topological polar surface area (TPSA) is 0 Å². The molecule has 2 rings (SSSR count). The van der Waals surface area contributed by atoms with Gasteiger partial charge in [0, 0.05) is 0 Å². The molecule has 2 bridgehead atoms. The molecule has 0 aliphatic heterocycles. The van der Waals surface area contributed by atoms with E-state index in [1.807, 2.05) is 0 Å². The third-order valence-electron chi connectivity index (χ3n) is 4.12. The Balaban J connectivity index is 2.08. The minimum absolute atomic E-state index is 0.384. The highest BCUT2D eigenvalue weighted by Crippen LogP contribution is 2.57. The Labute approximate surface area is 74.5 Å². The van der Waals surface area contributed by atoms with E-state index in [0.29, 0.717) is 11.8 Å². The highest BCUT2D eigenvalue weighted by molar-refractivity contribution is 5.02. The summed E-state index contributed by atoms with van der Waals surface area (Å²) in [6, 6.07) is 0. The smallest absolute Gasteiger partial charge is 0.111 e. The van der Waals surface area contributed by atoms with Crippen molar-refractivity contribution in [1.29, 1.82) is 0 Å². The first kappa shape index (κ1) is 8.52. The molecule has 0 radical (unpaired) electrons. The molecule has 0 heterocycles. The first-order valence-corrected chi connectivity index (χ1v) is 5.19. The van der Waals surface area contributed by atoms with Gasteiger partial charge in [-0.1, -0.05) is 13.8 Å². The first-order chi connectivity index (χ1) is 5.50. The van der Waals surface area contributed by atoms with E-state index in [1.54, 1.807) is 6.92 Å². The zero-order chi connectivity index (χ0) is 8.93. The maximum absolute atomic E-state index is 13.7. The van der Waals surface area contributed by atoms with Gasteiger partial charge in [0.05, 0.1) is 0 Å². The van der Waals surface area contributed by atoms with Gasteiger partial charge in [0.2, 0.25) is 0 Å². The van der Waals surface area contributed by atoms with Crippen molar-refractivity contribution in [3.05, 3.63) is 0 Å². The number of hydrogen-bond donors (Lipinski definition) is 0. The van der Waals surface area contributed by atoms with Crippen molar-refractivity contribution in [2.24, 2.45) is 23.7 Å². The predicted molar refractivity (Wildman–Crippen MR) is 48.7 cm³/mol. The Morgan fingerprint density at radius 3 is 2.33 bits per heavy atom. The standard InChI is InChI=1S/C11H19F/c1-7(2)10-5-9-4-8(10)6-11(9,3)12/h7-10H,4-6H2,1-3H3. The Morgan fingerprint density at radius 2 is 2.00 bits per heavy atom. The lowest BCUT2D eigenvalue weighted by molar-refractivity contribution is 0.0749. The van der Waals surface area contributed by atoms with Crippen molar-refractivity contribution in [2.45, 2.75) is 45.7 Å². The summed E-state index contributed by atoms with van der Waals surface area (Å²) in [5, 5.41) is 0. The molecular weight excluding hydrogens is 151 g/mol. The normalized spacial score (nSPS) is 52.2. The van der Waals surface area contributed by atoms with Crippen LogP contribution >= 0.6 is 0 Å². The fraction of sp³-hybridized carbons (Fsp3) is 1.00. The summed E-state index contributed by atoms with van der Waals surface area (Å²) in [5.74, 6) is 2.66. The van der Waals surface area contributed by atoms with E-state index in [4.69, 9.17) is 0 Å². The maximum Gasteiger partial charge on any atom is 0.111 e. The van der Waals surface area contributed by atoms with Crippen LogP contribution < -0.4 is 0 Å².